The van der Waals surface area contributed by atoms with Gasteiger partial charge in [0.05, 0.1) is 0 Å². The Kier molecular flexibility index (Phi) is 4.76. The smallest absolute Gasteiger partial charge is 0.416 e. The second-order valence-electron chi connectivity index (χ2n) is 7.77. The van der Waals surface area contributed by atoms with Crippen LogP contribution in [0.15, 0.2) is 34.6 Å². The van der Waals surface area contributed by atoms with Crippen LogP contribution < -0.4 is 0 Å². The van der Waals surface area contributed by atoms with Crippen LogP contribution in [0.3, 0.4) is 0 Å². The summed E-state index contributed by atoms with van der Waals surface area (Å²) in [5.74, 6) is -0.0591. The number of allylic oxidation sites excluding steroid dienone is 3. The standard InChI is InChI=1S/C20H26N2O5/c1-11-14-9-20(3)12(2)17(27-19(25)21(4)10-23)16(26-6)8-13(20)7-15(14)22(5)18(11)24/h7-8,10,12,16-17H,9H2,1-6H3. The quantitative estimate of drug-likeness (QED) is 0.708. The zero-order valence-corrected chi connectivity index (χ0v) is 16.6. The van der Waals surface area contributed by atoms with Gasteiger partial charge in [-0.15, -0.1) is 0 Å². The van der Waals surface area contributed by atoms with Crippen LogP contribution in [0.5, 0.6) is 0 Å². The van der Waals surface area contributed by atoms with E-state index in [-0.39, 0.29) is 17.2 Å². The van der Waals surface area contributed by atoms with Crippen LogP contribution >= 0.6 is 0 Å². The molecular formula is C20H26N2O5. The van der Waals surface area contributed by atoms with Crippen LogP contribution in [0.1, 0.15) is 27.2 Å². The molecule has 27 heavy (non-hydrogen) atoms. The monoisotopic (exact) mass is 374 g/mol. The molecule has 3 amide bonds. The molecule has 3 rings (SSSR count). The fourth-order valence-electron chi connectivity index (χ4n) is 4.27. The number of hydrogen-bond acceptors (Lipinski definition) is 5. The van der Waals surface area contributed by atoms with E-state index in [2.05, 4.69) is 6.92 Å². The van der Waals surface area contributed by atoms with E-state index in [1.54, 1.807) is 19.1 Å². The molecule has 0 bridgehead atoms. The van der Waals surface area contributed by atoms with E-state index in [0.29, 0.717) is 12.8 Å². The van der Waals surface area contributed by atoms with Crippen LogP contribution in [-0.2, 0) is 19.1 Å². The summed E-state index contributed by atoms with van der Waals surface area (Å²) in [5.41, 5.74) is 3.50. The molecule has 0 saturated carbocycles. The number of nitrogens with zero attached hydrogens (tertiary/aromatic N) is 2. The van der Waals surface area contributed by atoms with E-state index >= 15 is 0 Å². The second-order valence-corrected chi connectivity index (χ2v) is 7.77. The van der Waals surface area contributed by atoms with Crippen LogP contribution in [0.25, 0.3) is 0 Å². The maximum atomic E-state index is 12.4. The molecule has 0 aromatic rings. The summed E-state index contributed by atoms with van der Waals surface area (Å²) in [7, 11) is 4.71. The van der Waals surface area contributed by atoms with Crippen molar-refractivity contribution in [2.75, 3.05) is 21.2 Å². The lowest BCUT2D eigenvalue weighted by molar-refractivity contribution is -0.123. The summed E-state index contributed by atoms with van der Waals surface area (Å²) in [6.45, 7) is 6.00. The van der Waals surface area contributed by atoms with Crippen LogP contribution in [0, 0.1) is 11.3 Å². The number of imide groups is 1. The van der Waals surface area contributed by atoms with E-state index in [0.717, 1.165) is 27.3 Å². The first-order valence-corrected chi connectivity index (χ1v) is 8.99. The van der Waals surface area contributed by atoms with Gasteiger partial charge in [0.2, 0.25) is 6.41 Å². The van der Waals surface area contributed by atoms with Gasteiger partial charge in [0.25, 0.3) is 5.91 Å². The van der Waals surface area contributed by atoms with Crippen molar-refractivity contribution in [1.82, 2.24) is 9.80 Å². The first-order chi connectivity index (χ1) is 12.7. The van der Waals surface area contributed by atoms with Gasteiger partial charge in [-0.05, 0) is 36.6 Å². The summed E-state index contributed by atoms with van der Waals surface area (Å²) in [6, 6.07) is 0. The Hall–Kier alpha value is -2.41. The minimum atomic E-state index is -0.706. The SMILES string of the molecule is COC1C=C2C=C3C(=C(C)C(=O)N3C)CC2(C)C(C)C1OC(=O)N(C)C=O. The summed E-state index contributed by atoms with van der Waals surface area (Å²) in [5, 5.41) is 0. The zero-order chi connectivity index (χ0) is 20.1. The molecule has 0 radical (unpaired) electrons. The summed E-state index contributed by atoms with van der Waals surface area (Å²) >= 11 is 0. The zero-order valence-electron chi connectivity index (χ0n) is 16.6. The molecule has 0 aromatic heterocycles. The van der Waals surface area contributed by atoms with Crippen molar-refractivity contribution in [2.24, 2.45) is 11.3 Å². The molecule has 4 unspecified atom stereocenters. The molecule has 1 aliphatic heterocycles. The molecular weight excluding hydrogens is 348 g/mol. The molecule has 146 valence electrons. The normalized spacial score (nSPS) is 32.4. The highest BCUT2D eigenvalue weighted by Crippen LogP contribution is 2.54. The number of carbonyl (C=O) groups excluding carboxylic acids is 3. The third-order valence-corrected chi connectivity index (χ3v) is 6.36. The van der Waals surface area contributed by atoms with E-state index in [4.69, 9.17) is 9.47 Å². The third kappa shape index (κ3) is 2.81. The van der Waals surface area contributed by atoms with Gasteiger partial charge >= 0.3 is 6.09 Å². The van der Waals surface area contributed by atoms with E-state index in [9.17, 15) is 14.4 Å². The molecule has 0 spiro atoms. The predicted molar refractivity (Wildman–Crippen MR) is 98.4 cm³/mol. The maximum Gasteiger partial charge on any atom is 0.416 e. The Morgan fingerprint density at radius 1 is 1.44 bits per heavy atom. The molecule has 0 N–H and O–H groups in total. The predicted octanol–water partition coefficient (Wildman–Crippen LogP) is 2.25. The number of methoxy groups -OCH3 is 1. The van der Waals surface area contributed by atoms with Gasteiger partial charge in [-0.1, -0.05) is 13.8 Å². The molecule has 7 heteroatoms. The fourth-order valence-corrected chi connectivity index (χ4v) is 4.27. The topological polar surface area (TPSA) is 76.2 Å². The number of hydrogen-bond donors (Lipinski definition) is 0. The van der Waals surface area contributed by atoms with E-state index < -0.39 is 18.3 Å². The van der Waals surface area contributed by atoms with Crippen molar-refractivity contribution in [3.63, 3.8) is 0 Å². The fraction of sp³-hybridized carbons (Fsp3) is 0.550. The molecule has 0 aromatic carbocycles. The van der Waals surface area contributed by atoms with Crippen molar-refractivity contribution in [3.05, 3.63) is 34.6 Å². The van der Waals surface area contributed by atoms with E-state index in [1.165, 1.54) is 7.05 Å². The van der Waals surface area contributed by atoms with Gasteiger partial charge in [0, 0.05) is 43.8 Å². The minimum Gasteiger partial charge on any atom is -0.442 e. The Morgan fingerprint density at radius 2 is 2.11 bits per heavy atom. The molecule has 4 atom stereocenters. The van der Waals surface area contributed by atoms with Crippen molar-refractivity contribution in [3.8, 4) is 0 Å². The molecule has 7 nitrogen and oxygen atoms in total. The number of fused-ring (bicyclic) bond motifs is 2. The lowest BCUT2D eigenvalue weighted by Crippen LogP contribution is -2.50. The molecule has 0 fully saturated rings. The number of amides is 3. The molecule has 0 saturated heterocycles. The van der Waals surface area contributed by atoms with Gasteiger partial charge in [-0.25, -0.2) is 4.79 Å². The second kappa shape index (κ2) is 6.64. The highest BCUT2D eigenvalue weighted by molar-refractivity contribution is 6.00. The van der Waals surface area contributed by atoms with Crippen molar-refractivity contribution < 1.29 is 23.9 Å². The average molecular weight is 374 g/mol. The lowest BCUT2D eigenvalue weighted by Gasteiger charge is -2.48. The minimum absolute atomic E-state index is 0.0191. The average Bonchev–Trinajstić information content (AvgIpc) is 2.85. The molecule has 3 aliphatic rings. The summed E-state index contributed by atoms with van der Waals surface area (Å²) < 4.78 is 11.2. The van der Waals surface area contributed by atoms with Crippen LogP contribution in [-0.4, -0.2) is 61.6 Å². The molecule has 2 aliphatic carbocycles. The highest BCUT2D eigenvalue weighted by atomic mass is 16.6. The largest absolute Gasteiger partial charge is 0.442 e. The first kappa shape index (κ1) is 19.4. The van der Waals surface area contributed by atoms with Crippen LogP contribution in [0.4, 0.5) is 4.79 Å². The maximum absolute atomic E-state index is 12.4. The van der Waals surface area contributed by atoms with Crippen molar-refractivity contribution >= 4 is 18.4 Å². The summed E-state index contributed by atoms with van der Waals surface area (Å²) in [6.07, 6.45) is 3.44. The number of rotatable bonds is 3. The Balaban J connectivity index is 2.03. The third-order valence-electron chi connectivity index (χ3n) is 6.36. The lowest BCUT2D eigenvalue weighted by atomic mass is 9.59. The first-order valence-electron chi connectivity index (χ1n) is 8.99. The number of carbonyl (C=O) groups is 3. The highest BCUT2D eigenvalue weighted by Gasteiger charge is 2.51. The summed E-state index contributed by atoms with van der Waals surface area (Å²) in [4.78, 5) is 38.0. The van der Waals surface area contributed by atoms with Gasteiger partial charge in [-0.2, -0.15) is 0 Å². The van der Waals surface area contributed by atoms with Gasteiger partial charge in [0.1, 0.15) is 12.2 Å². The van der Waals surface area contributed by atoms with Crippen molar-refractivity contribution in [2.45, 2.75) is 39.4 Å². The van der Waals surface area contributed by atoms with Gasteiger partial charge in [-0.3, -0.25) is 14.5 Å². The Labute approximate surface area is 159 Å². The van der Waals surface area contributed by atoms with Crippen LogP contribution in [0.2, 0.25) is 0 Å². The van der Waals surface area contributed by atoms with Gasteiger partial charge < -0.3 is 14.4 Å². The Morgan fingerprint density at radius 3 is 2.70 bits per heavy atom. The molecule has 1 heterocycles. The van der Waals surface area contributed by atoms with E-state index in [1.807, 2.05) is 26.0 Å². The number of likely N-dealkylation sites (N-methyl/N-ethyl adjacent to an activating group) is 1. The van der Waals surface area contributed by atoms with Gasteiger partial charge in [0.15, 0.2) is 0 Å². The van der Waals surface area contributed by atoms with Crippen molar-refractivity contribution in [1.29, 1.82) is 0 Å². The number of ether oxygens (including phenoxy) is 2. The Bertz CT molecular complexity index is 796.